The summed E-state index contributed by atoms with van der Waals surface area (Å²) in [6.07, 6.45) is 0. The van der Waals surface area contributed by atoms with Crippen molar-refractivity contribution in [3.05, 3.63) is 23.8 Å². The Hall–Kier alpha value is -1.21. The summed E-state index contributed by atoms with van der Waals surface area (Å²) in [5, 5.41) is 0. The third-order valence-corrected chi connectivity index (χ3v) is 4.21. The zero-order valence-electron chi connectivity index (χ0n) is 11.4. The van der Waals surface area contributed by atoms with Crippen molar-refractivity contribution >= 4 is 15.7 Å². The summed E-state index contributed by atoms with van der Waals surface area (Å²) in [6, 6.07) is 1.67. The third kappa shape index (κ3) is 3.63. The molecule has 2 N–H and O–H groups in total. The lowest BCUT2D eigenvalue weighted by Gasteiger charge is -2.26. The zero-order valence-corrected chi connectivity index (χ0v) is 12.2. The predicted octanol–water partition coefficient (Wildman–Crippen LogP) is 2.21. The number of halogens is 2. The normalized spacial score (nSPS) is 13.0. The maximum Gasteiger partial charge on any atom is 0.245 e. The molecule has 0 saturated heterocycles. The van der Waals surface area contributed by atoms with Crippen LogP contribution >= 0.6 is 0 Å². The summed E-state index contributed by atoms with van der Waals surface area (Å²) in [6.45, 7) is 5.70. The molecule has 0 bridgehead atoms. The van der Waals surface area contributed by atoms with Crippen molar-refractivity contribution in [2.75, 3.05) is 19.3 Å². The van der Waals surface area contributed by atoms with E-state index in [1.165, 1.54) is 7.05 Å². The summed E-state index contributed by atoms with van der Waals surface area (Å²) in [7, 11) is -2.79. The van der Waals surface area contributed by atoms with Gasteiger partial charge in [0.05, 0.1) is 0 Å². The minimum absolute atomic E-state index is 0.137. The third-order valence-electron chi connectivity index (χ3n) is 2.40. The molecule has 19 heavy (non-hydrogen) atoms. The van der Waals surface area contributed by atoms with Gasteiger partial charge in [-0.15, -0.1) is 0 Å². The number of nitrogens with zero attached hydrogens (tertiary/aromatic N) is 1. The van der Waals surface area contributed by atoms with Crippen LogP contribution in [0.2, 0.25) is 0 Å². The molecule has 0 amide bonds. The van der Waals surface area contributed by atoms with E-state index in [0.717, 1.165) is 16.4 Å². The Morgan fingerprint density at radius 3 is 2.26 bits per heavy atom. The van der Waals surface area contributed by atoms with Crippen LogP contribution in [0.25, 0.3) is 0 Å². The predicted molar refractivity (Wildman–Crippen MR) is 70.0 cm³/mol. The van der Waals surface area contributed by atoms with Crippen molar-refractivity contribution in [2.45, 2.75) is 25.7 Å². The first-order valence-corrected chi connectivity index (χ1v) is 7.10. The average Bonchev–Trinajstić information content (AvgIpc) is 2.20. The summed E-state index contributed by atoms with van der Waals surface area (Å²) in [5.74, 6) is -2.68. The molecule has 0 unspecified atom stereocenters. The van der Waals surface area contributed by atoms with Gasteiger partial charge in [0.25, 0.3) is 0 Å². The Bertz CT molecular complexity index is 580. The topological polar surface area (TPSA) is 63.4 Å². The SMILES string of the molecule is CN(CC(C)(C)C)S(=O)(=O)c1cc(N)cc(F)c1F. The Kier molecular flexibility index (Phi) is 4.21. The van der Waals surface area contributed by atoms with Crippen LogP contribution < -0.4 is 5.73 Å². The molecule has 0 saturated carbocycles. The molecule has 0 aliphatic rings. The van der Waals surface area contributed by atoms with Gasteiger partial charge < -0.3 is 5.73 Å². The van der Waals surface area contributed by atoms with Crippen LogP contribution in [-0.2, 0) is 10.0 Å². The van der Waals surface area contributed by atoms with Crippen LogP contribution in [0.5, 0.6) is 0 Å². The lowest BCUT2D eigenvalue weighted by atomic mass is 9.97. The quantitative estimate of drug-likeness (QED) is 0.869. The number of hydrogen-bond donors (Lipinski definition) is 1. The van der Waals surface area contributed by atoms with Gasteiger partial charge in [-0.25, -0.2) is 21.5 Å². The highest BCUT2D eigenvalue weighted by molar-refractivity contribution is 7.89. The van der Waals surface area contributed by atoms with E-state index in [1.54, 1.807) is 0 Å². The second-order valence-electron chi connectivity index (χ2n) is 5.64. The maximum absolute atomic E-state index is 13.6. The highest BCUT2D eigenvalue weighted by atomic mass is 32.2. The zero-order chi connectivity index (χ0) is 15.0. The molecule has 1 aromatic carbocycles. The molecule has 1 aromatic rings. The Morgan fingerprint density at radius 1 is 1.26 bits per heavy atom. The Labute approximate surface area is 112 Å². The maximum atomic E-state index is 13.6. The Morgan fingerprint density at radius 2 is 1.79 bits per heavy atom. The van der Waals surface area contributed by atoms with Gasteiger partial charge in [-0.2, -0.15) is 0 Å². The summed E-state index contributed by atoms with van der Waals surface area (Å²) in [4.78, 5) is -0.739. The summed E-state index contributed by atoms with van der Waals surface area (Å²) < 4.78 is 52.3. The smallest absolute Gasteiger partial charge is 0.245 e. The number of anilines is 1. The molecule has 4 nitrogen and oxygen atoms in total. The standard InChI is InChI=1S/C12H18F2N2O2S/c1-12(2,3)7-16(4)19(17,18)10-6-8(15)5-9(13)11(10)14/h5-6H,7,15H2,1-4H3. The van der Waals surface area contributed by atoms with Crippen LogP contribution in [0.15, 0.2) is 17.0 Å². The van der Waals surface area contributed by atoms with E-state index in [0.29, 0.717) is 0 Å². The van der Waals surface area contributed by atoms with E-state index in [4.69, 9.17) is 5.73 Å². The van der Waals surface area contributed by atoms with Gasteiger partial charge in [0.1, 0.15) is 4.90 Å². The van der Waals surface area contributed by atoms with E-state index < -0.39 is 26.6 Å². The average molecular weight is 292 g/mol. The molecule has 1 rings (SSSR count). The van der Waals surface area contributed by atoms with Gasteiger partial charge in [0, 0.05) is 19.3 Å². The number of nitrogens with two attached hydrogens (primary N) is 1. The molecule has 0 heterocycles. The monoisotopic (exact) mass is 292 g/mol. The molecule has 0 aromatic heterocycles. The first-order chi connectivity index (χ1) is 8.45. The fraction of sp³-hybridized carbons (Fsp3) is 0.500. The number of rotatable bonds is 3. The van der Waals surface area contributed by atoms with Crippen molar-refractivity contribution in [1.29, 1.82) is 0 Å². The van der Waals surface area contributed by atoms with Crippen molar-refractivity contribution < 1.29 is 17.2 Å². The molecule has 0 fully saturated rings. The summed E-state index contributed by atoms with van der Waals surface area (Å²) >= 11 is 0. The molecule has 0 atom stereocenters. The van der Waals surface area contributed by atoms with E-state index in [2.05, 4.69) is 0 Å². The molecular weight excluding hydrogens is 274 g/mol. The second-order valence-corrected chi connectivity index (χ2v) is 7.65. The van der Waals surface area contributed by atoms with Crippen molar-refractivity contribution in [2.24, 2.45) is 5.41 Å². The Balaban J connectivity index is 3.28. The highest BCUT2D eigenvalue weighted by Gasteiger charge is 2.29. The van der Waals surface area contributed by atoms with Gasteiger partial charge in [0.15, 0.2) is 11.6 Å². The molecule has 7 heteroatoms. The second kappa shape index (κ2) is 5.05. The van der Waals surface area contributed by atoms with Gasteiger partial charge >= 0.3 is 0 Å². The van der Waals surface area contributed by atoms with E-state index in [1.807, 2.05) is 20.8 Å². The fourth-order valence-corrected chi connectivity index (χ4v) is 3.19. The van der Waals surface area contributed by atoms with Crippen LogP contribution in [0.1, 0.15) is 20.8 Å². The molecule has 0 aliphatic carbocycles. The van der Waals surface area contributed by atoms with Crippen molar-refractivity contribution in [1.82, 2.24) is 4.31 Å². The highest BCUT2D eigenvalue weighted by Crippen LogP contribution is 2.25. The largest absolute Gasteiger partial charge is 0.399 e. The van der Waals surface area contributed by atoms with Crippen LogP contribution in [0.3, 0.4) is 0 Å². The van der Waals surface area contributed by atoms with Crippen molar-refractivity contribution in [3.63, 3.8) is 0 Å². The lowest BCUT2D eigenvalue weighted by molar-refractivity contribution is 0.309. The number of hydrogen-bond acceptors (Lipinski definition) is 3. The van der Waals surface area contributed by atoms with E-state index >= 15 is 0 Å². The lowest BCUT2D eigenvalue weighted by Crippen LogP contribution is -2.35. The van der Waals surface area contributed by atoms with E-state index in [9.17, 15) is 17.2 Å². The molecular formula is C12H18F2N2O2S. The fourth-order valence-electron chi connectivity index (χ4n) is 1.69. The van der Waals surface area contributed by atoms with Crippen LogP contribution in [0, 0.1) is 17.0 Å². The van der Waals surface area contributed by atoms with Gasteiger partial charge in [-0.1, -0.05) is 20.8 Å². The first-order valence-electron chi connectivity index (χ1n) is 5.66. The van der Waals surface area contributed by atoms with Crippen molar-refractivity contribution in [3.8, 4) is 0 Å². The minimum atomic E-state index is -4.11. The minimum Gasteiger partial charge on any atom is -0.399 e. The summed E-state index contributed by atoms with van der Waals surface area (Å²) in [5.41, 5.74) is 4.92. The molecule has 0 spiro atoms. The van der Waals surface area contributed by atoms with Gasteiger partial charge in [0.2, 0.25) is 10.0 Å². The number of sulfonamides is 1. The molecule has 0 radical (unpaired) electrons. The van der Waals surface area contributed by atoms with Gasteiger partial charge in [-0.05, 0) is 17.5 Å². The van der Waals surface area contributed by atoms with E-state index in [-0.39, 0.29) is 17.6 Å². The number of nitrogen functional groups attached to an aromatic ring is 1. The first kappa shape index (κ1) is 15.8. The molecule has 0 aliphatic heterocycles. The van der Waals surface area contributed by atoms with Gasteiger partial charge in [-0.3, -0.25) is 0 Å². The molecule has 108 valence electrons. The van der Waals surface area contributed by atoms with Crippen LogP contribution in [-0.4, -0.2) is 26.3 Å². The number of benzene rings is 1. The van der Waals surface area contributed by atoms with Crippen LogP contribution in [0.4, 0.5) is 14.5 Å².